The molecule has 1 atom stereocenters. The van der Waals surface area contributed by atoms with Crippen LogP contribution in [0.3, 0.4) is 0 Å². The molecule has 17 heteroatoms. The number of carbonyl (C=O) groups excluding carboxylic acids is 4. The van der Waals surface area contributed by atoms with E-state index in [1.54, 1.807) is 26.0 Å². The molecule has 0 fully saturated rings. The van der Waals surface area contributed by atoms with Gasteiger partial charge in [-0.1, -0.05) is 17.7 Å². The average molecular weight is 722 g/mol. The van der Waals surface area contributed by atoms with Crippen molar-refractivity contribution in [2.75, 3.05) is 29.4 Å². The second kappa shape index (κ2) is 17.3. The Morgan fingerprint density at radius 3 is 2.29 bits per heavy atom. The van der Waals surface area contributed by atoms with Crippen LogP contribution in [0.4, 0.5) is 11.6 Å². The second-order valence-electron chi connectivity index (χ2n) is 11.3. The molecule has 0 spiro atoms. The van der Waals surface area contributed by atoms with Gasteiger partial charge in [-0.05, 0) is 76.4 Å². The largest absolute Gasteiger partial charge is 0.466 e. The molecule has 51 heavy (non-hydrogen) atoms. The van der Waals surface area contributed by atoms with Crippen LogP contribution in [0.15, 0.2) is 64.4 Å². The summed E-state index contributed by atoms with van der Waals surface area (Å²) < 4.78 is 39.1. The molecule has 1 unspecified atom stereocenters. The number of fused-ring (bicyclic) bond motifs is 1. The third kappa shape index (κ3) is 10.2. The molecule has 4 aromatic rings. The van der Waals surface area contributed by atoms with Crippen LogP contribution < -0.4 is 20.5 Å². The maximum atomic E-state index is 13.9. The molecule has 2 heterocycles. The van der Waals surface area contributed by atoms with E-state index in [-0.39, 0.29) is 78.7 Å². The Morgan fingerprint density at radius 1 is 0.961 bits per heavy atom. The van der Waals surface area contributed by atoms with E-state index in [1.165, 1.54) is 53.8 Å². The number of nitrogens with zero attached hydrogens (tertiary/aromatic N) is 4. The number of rotatable bonds is 16. The zero-order chi connectivity index (χ0) is 37.1. The first-order valence-corrected chi connectivity index (χ1v) is 17.6. The molecule has 4 rings (SSSR count). The van der Waals surface area contributed by atoms with Gasteiger partial charge in [0.05, 0.1) is 35.7 Å². The van der Waals surface area contributed by atoms with Crippen molar-refractivity contribution in [3.63, 3.8) is 0 Å². The number of ether oxygens (including phenoxy) is 2. The molecule has 0 bridgehead atoms. The number of hydrogen-bond donors (Lipinski definition) is 3. The molecule has 0 aliphatic rings. The minimum absolute atomic E-state index is 0.00363. The van der Waals surface area contributed by atoms with E-state index in [0.717, 1.165) is 5.56 Å². The number of esters is 2. The number of aromatic nitrogens is 4. The monoisotopic (exact) mass is 721 g/mol. The van der Waals surface area contributed by atoms with Crippen LogP contribution in [-0.2, 0) is 40.3 Å². The van der Waals surface area contributed by atoms with Crippen molar-refractivity contribution < 1.29 is 37.1 Å². The molecule has 2 aromatic heterocycles. The molecule has 0 saturated heterocycles. The first-order valence-electron chi connectivity index (χ1n) is 16.2. The third-order valence-corrected chi connectivity index (χ3v) is 9.24. The zero-order valence-corrected chi connectivity index (χ0v) is 29.4. The molecular formula is C34H39N7O9S. The predicted octanol–water partition coefficient (Wildman–Crippen LogP) is 2.81. The SMILES string of the molecule is CCOC(=O)CCC(NC(=O)c1ccc(N(CCCc2cnc3nc(NC(C)=O)[nH]c(=O)c3n2)S(=O)(=O)c2ccc(C)cc2)cc1)C(=O)OCC. The molecule has 3 N–H and O–H groups in total. The number of benzene rings is 2. The van der Waals surface area contributed by atoms with Gasteiger partial charge in [-0.25, -0.2) is 23.2 Å². The van der Waals surface area contributed by atoms with Gasteiger partial charge in [0.1, 0.15) is 6.04 Å². The molecular weight excluding hydrogens is 682 g/mol. The van der Waals surface area contributed by atoms with E-state index in [0.29, 0.717) is 5.69 Å². The second-order valence-corrected chi connectivity index (χ2v) is 13.2. The number of amides is 2. The Hall–Kier alpha value is -5.71. The standard InChI is InChI=1S/C34H39N7O9S/c1-5-49-28(43)18-17-27(33(46)50-6-2)38-31(44)23-11-13-25(14-12-23)41(51(47,48)26-15-9-21(3)10-16-26)19-7-8-24-20-35-30-29(37-24)32(45)40-34(39-30)36-22(4)42/h9-16,20,27H,5-8,17-19H2,1-4H3,(H,38,44)(H2,35,36,39,40,42,45). The van der Waals surface area contributed by atoms with Crippen molar-refractivity contribution in [1.29, 1.82) is 0 Å². The zero-order valence-electron chi connectivity index (χ0n) is 28.6. The summed E-state index contributed by atoms with van der Waals surface area (Å²) in [7, 11) is -4.08. The molecule has 0 saturated carbocycles. The number of aryl methyl sites for hydroxylation is 2. The van der Waals surface area contributed by atoms with Gasteiger partial charge in [0.15, 0.2) is 11.2 Å². The van der Waals surface area contributed by atoms with Gasteiger partial charge >= 0.3 is 11.9 Å². The van der Waals surface area contributed by atoms with Crippen LogP contribution in [0, 0.1) is 6.92 Å². The van der Waals surface area contributed by atoms with E-state index in [2.05, 4.69) is 30.6 Å². The number of H-pyrrole nitrogens is 1. The Bertz CT molecular complexity index is 2050. The fourth-order valence-electron chi connectivity index (χ4n) is 4.94. The summed E-state index contributed by atoms with van der Waals surface area (Å²) >= 11 is 0. The van der Waals surface area contributed by atoms with Crippen LogP contribution in [0.25, 0.3) is 11.2 Å². The van der Waals surface area contributed by atoms with Crippen LogP contribution in [0.2, 0.25) is 0 Å². The molecule has 0 aliphatic heterocycles. The Balaban J connectivity index is 1.55. The summed E-state index contributed by atoms with van der Waals surface area (Å²) in [5, 5.41) is 4.99. The highest BCUT2D eigenvalue weighted by molar-refractivity contribution is 7.92. The van der Waals surface area contributed by atoms with Crippen molar-refractivity contribution in [3.05, 3.63) is 81.9 Å². The van der Waals surface area contributed by atoms with Crippen molar-refractivity contribution >= 4 is 56.6 Å². The molecule has 0 radical (unpaired) electrons. The number of aromatic amines is 1. The summed E-state index contributed by atoms with van der Waals surface area (Å²) in [6.45, 7) is 6.65. The Morgan fingerprint density at radius 2 is 1.65 bits per heavy atom. The maximum absolute atomic E-state index is 13.9. The van der Waals surface area contributed by atoms with Crippen molar-refractivity contribution in [2.45, 2.75) is 64.3 Å². The lowest BCUT2D eigenvalue weighted by Crippen LogP contribution is -2.42. The van der Waals surface area contributed by atoms with Crippen molar-refractivity contribution in [3.8, 4) is 0 Å². The Kier molecular flexibility index (Phi) is 12.9. The lowest BCUT2D eigenvalue weighted by Gasteiger charge is -2.25. The van der Waals surface area contributed by atoms with Gasteiger partial charge in [-0.3, -0.25) is 33.8 Å². The van der Waals surface area contributed by atoms with Gasteiger partial charge in [0.25, 0.3) is 21.5 Å². The Labute approximate surface area is 294 Å². The maximum Gasteiger partial charge on any atom is 0.328 e. The smallest absolute Gasteiger partial charge is 0.328 e. The van der Waals surface area contributed by atoms with E-state index in [1.807, 2.05) is 6.92 Å². The van der Waals surface area contributed by atoms with Crippen LogP contribution in [0.1, 0.15) is 61.6 Å². The van der Waals surface area contributed by atoms with Gasteiger partial charge in [-0.15, -0.1) is 0 Å². The summed E-state index contributed by atoms with van der Waals surface area (Å²) in [4.78, 5) is 76.6. The fourth-order valence-corrected chi connectivity index (χ4v) is 6.44. The first kappa shape index (κ1) is 38.1. The number of hydrogen-bond acceptors (Lipinski definition) is 12. The minimum Gasteiger partial charge on any atom is -0.466 e. The number of sulfonamides is 1. The third-order valence-electron chi connectivity index (χ3n) is 7.40. The van der Waals surface area contributed by atoms with Gasteiger partial charge in [-0.2, -0.15) is 4.98 Å². The molecule has 2 aromatic carbocycles. The highest BCUT2D eigenvalue weighted by Crippen LogP contribution is 2.25. The van der Waals surface area contributed by atoms with E-state index in [4.69, 9.17) is 9.47 Å². The van der Waals surface area contributed by atoms with Crippen molar-refractivity contribution in [1.82, 2.24) is 25.3 Å². The summed E-state index contributed by atoms with van der Waals surface area (Å²) in [6, 6.07) is 11.1. The lowest BCUT2D eigenvalue weighted by molar-refractivity contribution is -0.146. The van der Waals surface area contributed by atoms with Crippen LogP contribution >= 0.6 is 0 Å². The summed E-state index contributed by atoms with van der Waals surface area (Å²) in [5.74, 6) is -2.32. The highest BCUT2D eigenvalue weighted by Gasteiger charge is 2.27. The van der Waals surface area contributed by atoms with E-state index >= 15 is 0 Å². The van der Waals surface area contributed by atoms with Crippen LogP contribution in [-0.4, -0.2) is 77.9 Å². The fraction of sp³-hybridized carbons (Fsp3) is 0.353. The van der Waals surface area contributed by atoms with Crippen LogP contribution in [0.5, 0.6) is 0 Å². The number of carbonyl (C=O) groups is 4. The average Bonchev–Trinajstić information content (AvgIpc) is 3.08. The highest BCUT2D eigenvalue weighted by atomic mass is 32.2. The van der Waals surface area contributed by atoms with Gasteiger partial charge < -0.3 is 14.8 Å². The molecule has 0 aliphatic carbocycles. The topological polar surface area (TPSA) is 220 Å². The predicted molar refractivity (Wildman–Crippen MR) is 186 cm³/mol. The van der Waals surface area contributed by atoms with E-state index in [9.17, 15) is 32.4 Å². The molecule has 270 valence electrons. The first-order chi connectivity index (χ1) is 24.3. The molecule has 2 amide bonds. The lowest BCUT2D eigenvalue weighted by atomic mass is 10.1. The normalized spacial score (nSPS) is 11.8. The van der Waals surface area contributed by atoms with Gasteiger partial charge in [0, 0.05) is 25.5 Å². The van der Waals surface area contributed by atoms with Gasteiger partial charge in [0.2, 0.25) is 11.9 Å². The molecule has 16 nitrogen and oxygen atoms in total. The summed E-state index contributed by atoms with van der Waals surface area (Å²) in [6.07, 6.45) is 1.80. The summed E-state index contributed by atoms with van der Waals surface area (Å²) in [5.41, 5.74) is 1.11. The minimum atomic E-state index is -4.08. The number of anilines is 2. The van der Waals surface area contributed by atoms with Crippen molar-refractivity contribution in [2.24, 2.45) is 0 Å². The van der Waals surface area contributed by atoms with E-state index < -0.39 is 45.4 Å². The number of nitrogens with one attached hydrogen (secondary N) is 3. The quantitative estimate of drug-likeness (QED) is 0.142.